The number of allylic oxidation sites excluding steroid dienone is 10. The fourth-order valence-electron chi connectivity index (χ4n) is 12.5. The monoisotopic (exact) mass is 1080 g/mol. The number of benzene rings is 8. The van der Waals surface area contributed by atoms with Gasteiger partial charge in [-0.05, 0) is 211 Å². The number of alkyl halides is 6. The summed E-state index contributed by atoms with van der Waals surface area (Å²) in [5.74, 6) is -0.314. The average molecular weight is 1080 g/mol. The van der Waals surface area contributed by atoms with Crippen molar-refractivity contribution in [2.45, 2.75) is 66.9 Å². The van der Waals surface area contributed by atoms with Crippen molar-refractivity contribution in [1.29, 1.82) is 0 Å². The number of rotatable bonds is 10. The summed E-state index contributed by atoms with van der Waals surface area (Å²) < 4.78 is 86.3. The lowest BCUT2D eigenvalue weighted by atomic mass is 9.67. The highest BCUT2D eigenvalue weighted by Crippen LogP contribution is 2.54. The molecule has 0 amide bonds. The molecule has 0 saturated carbocycles. The Kier molecular flexibility index (Phi) is 13.3. The van der Waals surface area contributed by atoms with Gasteiger partial charge in [-0.2, -0.15) is 26.3 Å². The normalized spacial score (nSPS) is 16.4. The largest absolute Gasteiger partial charge is 0.416 e. The molecule has 0 aromatic heterocycles. The lowest BCUT2D eigenvalue weighted by Gasteiger charge is -2.44. The molecule has 0 radical (unpaired) electrons. The Labute approximate surface area is 470 Å². The smallest absolute Gasteiger partial charge is 0.330 e. The van der Waals surface area contributed by atoms with Gasteiger partial charge in [-0.15, -0.1) is 0 Å². The third-order valence-electron chi connectivity index (χ3n) is 16.4. The maximum atomic E-state index is 14.4. The van der Waals surface area contributed by atoms with Crippen LogP contribution in [0.4, 0.5) is 49.1 Å². The summed E-state index contributed by atoms with van der Waals surface area (Å²) >= 11 is 0. The van der Waals surface area contributed by atoms with E-state index >= 15 is 0 Å². The highest BCUT2D eigenvalue weighted by molar-refractivity contribution is 5.92. The Morgan fingerprint density at radius 3 is 1.48 bits per heavy atom. The third kappa shape index (κ3) is 9.70. The maximum Gasteiger partial charge on any atom is 0.416 e. The maximum absolute atomic E-state index is 14.4. The van der Waals surface area contributed by atoms with Gasteiger partial charge in [0.15, 0.2) is 0 Å². The average Bonchev–Trinajstić information content (AvgIpc) is 3.64. The summed E-state index contributed by atoms with van der Waals surface area (Å²) in [5.41, 5.74) is 22.9. The van der Waals surface area contributed by atoms with E-state index in [1.54, 1.807) is 24.3 Å². The van der Waals surface area contributed by atoms with Crippen LogP contribution in [0.25, 0.3) is 44.5 Å². The minimum absolute atomic E-state index is 0.314. The second kappa shape index (κ2) is 20.3. The molecule has 2 unspecified atom stereocenters. The second-order valence-electron chi connectivity index (χ2n) is 21.9. The first kappa shape index (κ1) is 52.8. The summed E-state index contributed by atoms with van der Waals surface area (Å²) in [6.45, 7) is 14.6. The minimum atomic E-state index is -4.55. The SMILES string of the molecule is Cc1ccc(-c2ccc(N(C3=C4C=CC5=C6C(=CC=C(C=C3)C46)C(N(c3ccc(C(F)(F)F)cc3)c3ccc(-c4ccc(C)cc4C)cc3-c3ccccc3C)C=C5)c3ccc(C(F)(F)F)cc3)c(-c3ccc(C)cc3C)c2)c(C)c1. The molecular formula is C73H58F6N2. The first-order valence-corrected chi connectivity index (χ1v) is 27.3. The summed E-state index contributed by atoms with van der Waals surface area (Å²) in [4.78, 5) is 4.27. The van der Waals surface area contributed by atoms with Gasteiger partial charge >= 0.3 is 12.4 Å². The van der Waals surface area contributed by atoms with Crippen molar-refractivity contribution in [2.75, 3.05) is 9.80 Å². The van der Waals surface area contributed by atoms with Crippen LogP contribution in [0.1, 0.15) is 50.1 Å². The summed E-state index contributed by atoms with van der Waals surface area (Å²) in [5, 5.41) is 0. The molecule has 0 N–H and O–H groups in total. The number of halogens is 6. The topological polar surface area (TPSA) is 6.48 Å². The molecule has 0 heterocycles. The van der Waals surface area contributed by atoms with E-state index in [1.807, 2.05) is 12.1 Å². The van der Waals surface area contributed by atoms with Crippen LogP contribution < -0.4 is 9.80 Å². The van der Waals surface area contributed by atoms with Crippen molar-refractivity contribution in [1.82, 2.24) is 0 Å². The van der Waals surface area contributed by atoms with E-state index in [-0.39, 0.29) is 5.92 Å². The molecule has 0 fully saturated rings. The second-order valence-corrected chi connectivity index (χ2v) is 21.9. The molecule has 8 aromatic carbocycles. The number of hydrogen-bond acceptors (Lipinski definition) is 2. The molecule has 81 heavy (non-hydrogen) atoms. The fourth-order valence-corrected chi connectivity index (χ4v) is 12.5. The first-order valence-electron chi connectivity index (χ1n) is 27.3. The molecule has 402 valence electrons. The Morgan fingerprint density at radius 1 is 0.407 bits per heavy atom. The van der Waals surface area contributed by atoms with Crippen molar-refractivity contribution < 1.29 is 26.3 Å². The molecule has 12 rings (SSSR count). The van der Waals surface area contributed by atoms with E-state index in [4.69, 9.17) is 0 Å². The Bertz CT molecular complexity index is 4100. The summed E-state index contributed by atoms with van der Waals surface area (Å²) in [7, 11) is 0. The van der Waals surface area contributed by atoms with E-state index in [2.05, 4.69) is 210 Å². The van der Waals surface area contributed by atoms with Crippen molar-refractivity contribution in [3.05, 3.63) is 296 Å². The Hall–Kier alpha value is -8.88. The predicted octanol–water partition coefficient (Wildman–Crippen LogP) is 20.6. The first-order chi connectivity index (χ1) is 38.8. The van der Waals surface area contributed by atoms with Gasteiger partial charge in [-0.3, -0.25) is 0 Å². The zero-order valence-corrected chi connectivity index (χ0v) is 46.0. The highest BCUT2D eigenvalue weighted by Gasteiger charge is 2.41. The third-order valence-corrected chi connectivity index (χ3v) is 16.4. The van der Waals surface area contributed by atoms with Crippen LogP contribution in [-0.4, -0.2) is 6.04 Å². The standard InChI is InChI=1S/C73H58F6N2/c1-43-12-29-58(47(5)38-43)52-19-36-68(64(41-52)60-11-9-8-10-46(60)4)80(56-25-21-54(22-26-56)72(74,75)76)66-34-17-50-16-33-63-67(35-18-51-15-32-62(66)70(50)71(51)63)81(57-27-23-55(24-28-57)73(77,78)79)69-37-20-53(59-30-13-44(2)39-48(59)6)42-65(69)61-31-14-45(3)40-49(61)7/h8-42,66,71H,1-7H3. The van der Waals surface area contributed by atoms with Crippen LogP contribution >= 0.6 is 0 Å². The molecule has 0 bridgehead atoms. The van der Waals surface area contributed by atoms with E-state index in [1.165, 1.54) is 0 Å². The lowest BCUT2D eigenvalue weighted by molar-refractivity contribution is -0.138. The number of aryl methyl sites for hydroxylation is 7. The van der Waals surface area contributed by atoms with E-state index in [0.717, 1.165) is 153 Å². The van der Waals surface area contributed by atoms with Crippen LogP contribution in [-0.2, 0) is 12.4 Å². The molecule has 4 aliphatic carbocycles. The van der Waals surface area contributed by atoms with Crippen LogP contribution in [0, 0.1) is 54.4 Å². The molecule has 0 spiro atoms. The minimum Gasteiger partial charge on any atom is -0.330 e. The van der Waals surface area contributed by atoms with Crippen molar-refractivity contribution in [3.8, 4) is 44.5 Å². The number of hydrogen-bond donors (Lipinski definition) is 0. The van der Waals surface area contributed by atoms with Gasteiger partial charge in [0.2, 0.25) is 0 Å². The molecule has 0 aliphatic heterocycles. The van der Waals surface area contributed by atoms with Crippen LogP contribution in [0.3, 0.4) is 0 Å². The molecule has 8 aromatic rings. The van der Waals surface area contributed by atoms with Crippen LogP contribution in [0.5, 0.6) is 0 Å². The number of anilines is 4. The van der Waals surface area contributed by atoms with Gasteiger partial charge in [0.25, 0.3) is 0 Å². The molecule has 4 aliphatic rings. The molecule has 2 atom stereocenters. The van der Waals surface area contributed by atoms with Crippen molar-refractivity contribution in [3.63, 3.8) is 0 Å². The van der Waals surface area contributed by atoms with E-state index in [9.17, 15) is 26.3 Å². The van der Waals surface area contributed by atoms with Gasteiger partial charge in [-0.1, -0.05) is 150 Å². The Balaban J connectivity index is 1.04. The fraction of sp³-hybridized carbons (Fsp3) is 0.151. The van der Waals surface area contributed by atoms with Crippen molar-refractivity contribution >= 4 is 22.7 Å². The number of nitrogens with zero attached hydrogens (tertiary/aromatic N) is 2. The van der Waals surface area contributed by atoms with Gasteiger partial charge < -0.3 is 9.80 Å². The van der Waals surface area contributed by atoms with Gasteiger partial charge in [0.05, 0.1) is 28.6 Å². The molecular weight excluding hydrogens is 1020 g/mol. The zero-order valence-electron chi connectivity index (χ0n) is 46.0. The molecule has 8 heteroatoms. The molecule has 2 nitrogen and oxygen atoms in total. The van der Waals surface area contributed by atoms with Gasteiger partial charge in [0.1, 0.15) is 0 Å². The van der Waals surface area contributed by atoms with Crippen LogP contribution in [0.15, 0.2) is 246 Å². The predicted molar refractivity (Wildman–Crippen MR) is 320 cm³/mol. The Morgan fingerprint density at radius 2 is 0.926 bits per heavy atom. The van der Waals surface area contributed by atoms with E-state index < -0.39 is 29.5 Å². The highest BCUT2D eigenvalue weighted by atomic mass is 19.4. The lowest BCUT2D eigenvalue weighted by Crippen LogP contribution is -2.37. The summed E-state index contributed by atoms with van der Waals surface area (Å²) in [6, 6.07) is 50.6. The van der Waals surface area contributed by atoms with E-state index in [0.29, 0.717) is 11.4 Å². The van der Waals surface area contributed by atoms with Crippen molar-refractivity contribution in [2.24, 2.45) is 5.92 Å². The molecule has 0 saturated heterocycles. The quantitative estimate of drug-likeness (QED) is 0.126. The van der Waals surface area contributed by atoms with Gasteiger partial charge in [0, 0.05) is 34.1 Å². The van der Waals surface area contributed by atoms with Gasteiger partial charge in [-0.25, -0.2) is 0 Å². The zero-order chi connectivity index (χ0) is 56.6. The summed E-state index contributed by atoms with van der Waals surface area (Å²) in [6.07, 6.45) is 7.90. The van der Waals surface area contributed by atoms with Crippen LogP contribution in [0.2, 0.25) is 0 Å².